The molecule has 1 aliphatic rings. The Labute approximate surface area is 182 Å². The lowest BCUT2D eigenvalue weighted by Crippen LogP contribution is -2.56. The van der Waals surface area contributed by atoms with E-state index in [2.05, 4.69) is 20.9 Å². The third-order valence-corrected chi connectivity index (χ3v) is 5.81. The van der Waals surface area contributed by atoms with Crippen LogP contribution in [-0.4, -0.2) is 59.3 Å². The number of fused-ring (bicyclic) bond motifs is 1. The zero-order valence-electron chi connectivity index (χ0n) is 18.5. The van der Waals surface area contributed by atoms with E-state index >= 15 is 0 Å². The molecule has 8 heteroatoms. The lowest BCUT2D eigenvalue weighted by atomic mass is 10.0. The van der Waals surface area contributed by atoms with E-state index in [1.54, 1.807) is 25.1 Å². The first-order valence-corrected chi connectivity index (χ1v) is 10.8. The Morgan fingerprint density at radius 3 is 2.58 bits per heavy atom. The zero-order valence-corrected chi connectivity index (χ0v) is 18.5. The molecule has 3 rings (SSSR count). The molecule has 3 atom stereocenters. The van der Waals surface area contributed by atoms with Crippen molar-refractivity contribution < 1.29 is 14.4 Å². The Morgan fingerprint density at radius 1 is 1.13 bits per heavy atom. The summed E-state index contributed by atoms with van der Waals surface area (Å²) in [6, 6.07) is 7.89. The number of nitrogens with zero attached hydrogens (tertiary/aromatic N) is 2. The van der Waals surface area contributed by atoms with Crippen molar-refractivity contribution in [2.45, 2.75) is 51.7 Å². The van der Waals surface area contributed by atoms with Gasteiger partial charge in [-0.2, -0.15) is 0 Å². The van der Waals surface area contributed by atoms with Crippen LogP contribution in [0, 0.1) is 5.92 Å². The molecule has 1 aliphatic heterocycles. The van der Waals surface area contributed by atoms with Crippen LogP contribution < -0.4 is 16.0 Å². The summed E-state index contributed by atoms with van der Waals surface area (Å²) in [6.07, 6.45) is 2.97. The van der Waals surface area contributed by atoms with Crippen molar-refractivity contribution in [3.63, 3.8) is 0 Å². The minimum absolute atomic E-state index is 0.107. The summed E-state index contributed by atoms with van der Waals surface area (Å²) in [5, 5.41) is 10.5. The number of anilines is 1. The molecular formula is C23H31N5O3. The Balaban J connectivity index is 1.76. The number of carbonyl (C=O) groups excluding carboxylic acids is 3. The molecule has 1 fully saturated rings. The molecule has 8 nitrogen and oxygen atoms in total. The second kappa shape index (κ2) is 9.87. The first-order chi connectivity index (χ1) is 14.8. The summed E-state index contributed by atoms with van der Waals surface area (Å²) < 4.78 is 0. The molecule has 1 saturated heterocycles. The summed E-state index contributed by atoms with van der Waals surface area (Å²) in [5.74, 6) is -0.347. The van der Waals surface area contributed by atoms with E-state index in [1.165, 1.54) is 0 Å². The van der Waals surface area contributed by atoms with E-state index in [0.29, 0.717) is 18.8 Å². The predicted molar refractivity (Wildman–Crippen MR) is 120 cm³/mol. The summed E-state index contributed by atoms with van der Waals surface area (Å²) in [5.41, 5.74) is 0. The molecule has 0 unspecified atom stereocenters. The Morgan fingerprint density at radius 2 is 1.87 bits per heavy atom. The van der Waals surface area contributed by atoms with Gasteiger partial charge in [0.1, 0.15) is 17.9 Å². The Kier molecular flexibility index (Phi) is 7.22. The smallest absolute Gasteiger partial charge is 0.248 e. The van der Waals surface area contributed by atoms with Gasteiger partial charge in [-0.25, -0.2) is 4.98 Å². The number of hydrogen-bond donors (Lipinski definition) is 3. The van der Waals surface area contributed by atoms with Crippen LogP contribution in [0.1, 0.15) is 33.6 Å². The Bertz CT molecular complexity index is 956. The van der Waals surface area contributed by atoms with Gasteiger partial charge in [-0.15, -0.1) is 0 Å². The highest BCUT2D eigenvalue weighted by Crippen LogP contribution is 2.24. The number of carbonyl (C=O) groups is 3. The fraction of sp³-hybridized carbons (Fsp3) is 0.478. The van der Waals surface area contributed by atoms with Crippen LogP contribution in [0.15, 0.2) is 36.5 Å². The van der Waals surface area contributed by atoms with Crippen molar-refractivity contribution in [3.8, 4) is 0 Å². The number of aromatic nitrogens is 1. The maximum atomic E-state index is 13.3. The first-order valence-electron chi connectivity index (χ1n) is 10.8. The quantitative estimate of drug-likeness (QED) is 0.629. The minimum atomic E-state index is -0.688. The van der Waals surface area contributed by atoms with Crippen LogP contribution in [0.4, 0.5) is 5.82 Å². The molecular weight excluding hydrogens is 394 g/mol. The predicted octanol–water partition coefficient (Wildman–Crippen LogP) is 1.91. The van der Waals surface area contributed by atoms with Gasteiger partial charge in [-0.1, -0.05) is 38.1 Å². The summed E-state index contributed by atoms with van der Waals surface area (Å²) in [7, 11) is 1.69. The highest BCUT2D eigenvalue weighted by atomic mass is 16.2. The van der Waals surface area contributed by atoms with Crippen molar-refractivity contribution in [2.75, 3.05) is 18.9 Å². The minimum Gasteiger partial charge on any atom is -0.343 e. The third kappa shape index (κ3) is 5.02. The van der Waals surface area contributed by atoms with E-state index in [0.717, 1.165) is 17.2 Å². The highest BCUT2D eigenvalue weighted by Gasteiger charge is 2.39. The Hall–Kier alpha value is -3.00. The number of nitrogens with one attached hydrogen (secondary N) is 3. The summed E-state index contributed by atoms with van der Waals surface area (Å²) in [4.78, 5) is 44.7. The van der Waals surface area contributed by atoms with Gasteiger partial charge < -0.3 is 20.9 Å². The number of likely N-dealkylation sites (N-methyl/N-ethyl adjacent to an activating group) is 1. The molecule has 0 aliphatic carbocycles. The monoisotopic (exact) mass is 425 g/mol. The number of amides is 3. The van der Waals surface area contributed by atoms with Crippen LogP contribution in [0.25, 0.3) is 10.8 Å². The number of rotatable bonds is 7. The fourth-order valence-electron chi connectivity index (χ4n) is 3.82. The lowest BCUT2D eigenvalue weighted by molar-refractivity contribution is -0.141. The third-order valence-electron chi connectivity index (χ3n) is 5.81. The molecule has 3 N–H and O–H groups in total. The van der Waals surface area contributed by atoms with E-state index in [-0.39, 0.29) is 23.6 Å². The molecule has 1 aromatic heterocycles. The van der Waals surface area contributed by atoms with Crippen molar-refractivity contribution >= 4 is 34.3 Å². The fourth-order valence-corrected chi connectivity index (χ4v) is 3.82. The van der Waals surface area contributed by atoms with E-state index in [9.17, 15) is 14.4 Å². The molecule has 2 aromatic rings. The molecule has 0 spiro atoms. The number of benzene rings is 1. The second-order valence-corrected chi connectivity index (χ2v) is 8.30. The van der Waals surface area contributed by atoms with Gasteiger partial charge in [0, 0.05) is 18.1 Å². The van der Waals surface area contributed by atoms with Crippen molar-refractivity contribution in [1.82, 2.24) is 20.5 Å². The summed E-state index contributed by atoms with van der Waals surface area (Å²) >= 11 is 0. The number of likely N-dealkylation sites (tertiary alicyclic amines) is 1. The largest absolute Gasteiger partial charge is 0.343 e. The van der Waals surface area contributed by atoms with Crippen LogP contribution >= 0.6 is 0 Å². The highest BCUT2D eigenvalue weighted by molar-refractivity contribution is 6.03. The van der Waals surface area contributed by atoms with Gasteiger partial charge in [0.25, 0.3) is 0 Å². The molecule has 0 radical (unpaired) electrons. The summed E-state index contributed by atoms with van der Waals surface area (Å²) in [6.45, 7) is 6.00. The molecule has 1 aromatic carbocycles. The molecule has 0 saturated carbocycles. The molecule has 3 amide bonds. The SMILES string of the molecule is CN[C@@H](C)C(=O)N[C@H](C(=O)N1CCC[C@H]1C(=O)Nc1nccc2ccccc12)C(C)C. The lowest BCUT2D eigenvalue weighted by Gasteiger charge is -2.31. The first kappa shape index (κ1) is 22.7. The maximum absolute atomic E-state index is 13.3. The zero-order chi connectivity index (χ0) is 22.5. The molecule has 31 heavy (non-hydrogen) atoms. The topological polar surface area (TPSA) is 103 Å². The van der Waals surface area contributed by atoms with E-state index < -0.39 is 18.1 Å². The molecule has 0 bridgehead atoms. The van der Waals surface area contributed by atoms with Gasteiger partial charge in [-0.05, 0) is 44.2 Å². The van der Waals surface area contributed by atoms with Crippen LogP contribution in [0.3, 0.4) is 0 Å². The van der Waals surface area contributed by atoms with Gasteiger partial charge in [-0.3, -0.25) is 14.4 Å². The second-order valence-electron chi connectivity index (χ2n) is 8.30. The normalized spacial score (nSPS) is 18.1. The molecule has 166 valence electrons. The van der Waals surface area contributed by atoms with E-state index in [1.807, 2.05) is 44.2 Å². The van der Waals surface area contributed by atoms with Gasteiger partial charge in [0.2, 0.25) is 17.7 Å². The molecule has 2 heterocycles. The van der Waals surface area contributed by atoms with Gasteiger partial charge in [0.15, 0.2) is 0 Å². The van der Waals surface area contributed by atoms with Crippen LogP contribution in [-0.2, 0) is 14.4 Å². The average molecular weight is 426 g/mol. The van der Waals surface area contributed by atoms with Crippen LogP contribution in [0.2, 0.25) is 0 Å². The standard InChI is InChI=1S/C23H31N5O3/c1-14(2)19(26-21(29)15(3)24-4)23(31)28-13-7-10-18(28)22(30)27-20-17-9-6-5-8-16(17)11-12-25-20/h5-6,8-9,11-12,14-15,18-19,24H,7,10,13H2,1-4H3,(H,26,29)(H,25,27,30)/t15-,18-,19-/m0/s1. The van der Waals surface area contributed by atoms with Gasteiger partial charge >= 0.3 is 0 Å². The average Bonchev–Trinajstić information content (AvgIpc) is 3.26. The van der Waals surface area contributed by atoms with Crippen molar-refractivity contribution in [1.29, 1.82) is 0 Å². The number of pyridine rings is 1. The van der Waals surface area contributed by atoms with Crippen molar-refractivity contribution in [3.05, 3.63) is 36.5 Å². The van der Waals surface area contributed by atoms with Crippen molar-refractivity contribution in [2.24, 2.45) is 5.92 Å². The maximum Gasteiger partial charge on any atom is 0.248 e. The van der Waals surface area contributed by atoms with Gasteiger partial charge in [0.05, 0.1) is 6.04 Å². The van der Waals surface area contributed by atoms with E-state index in [4.69, 9.17) is 0 Å². The number of hydrogen-bond acceptors (Lipinski definition) is 5. The van der Waals surface area contributed by atoms with Crippen LogP contribution in [0.5, 0.6) is 0 Å².